The van der Waals surface area contributed by atoms with Crippen molar-refractivity contribution in [2.75, 3.05) is 40.9 Å². The van der Waals surface area contributed by atoms with Crippen molar-refractivity contribution in [1.29, 1.82) is 0 Å². The Morgan fingerprint density at radius 2 is 1.55 bits per heavy atom. The van der Waals surface area contributed by atoms with Gasteiger partial charge in [-0.2, -0.15) is 0 Å². The first-order chi connectivity index (χ1) is 13.5. The van der Waals surface area contributed by atoms with E-state index in [-0.39, 0.29) is 17.0 Å². The fraction of sp³-hybridized carbons (Fsp3) is 0.600. The minimum absolute atomic E-state index is 0. The zero-order valence-corrected chi connectivity index (χ0v) is 20.4. The van der Waals surface area contributed by atoms with Crippen LogP contribution in [0.5, 0.6) is 5.75 Å². The molecule has 0 amide bonds. The van der Waals surface area contributed by atoms with Crippen LogP contribution in [0.3, 0.4) is 0 Å². The number of hydrogen-bond acceptors (Lipinski definition) is 2. The quantitative estimate of drug-likeness (QED) is 0.315. The van der Waals surface area contributed by atoms with Crippen molar-refractivity contribution in [3.8, 4) is 5.75 Å². The third kappa shape index (κ3) is 10.5. The molecule has 1 unspecified atom stereocenters. The minimum atomic E-state index is 0. The van der Waals surface area contributed by atoms with Crippen LogP contribution in [-0.2, 0) is 4.74 Å². The van der Waals surface area contributed by atoms with Crippen LogP contribution in [-0.4, -0.2) is 51.5 Å². The second-order valence-corrected chi connectivity index (χ2v) is 8.82. The molecule has 0 saturated heterocycles. The van der Waals surface area contributed by atoms with Crippen molar-refractivity contribution in [2.45, 2.75) is 58.0 Å². The summed E-state index contributed by atoms with van der Waals surface area (Å²) in [6.07, 6.45) is 8.53. The molecule has 3 nitrogen and oxygen atoms in total. The van der Waals surface area contributed by atoms with Gasteiger partial charge in [0.1, 0.15) is 5.75 Å². The van der Waals surface area contributed by atoms with Gasteiger partial charge in [0.25, 0.3) is 0 Å². The zero-order chi connectivity index (χ0) is 20.2. The molecular formula is C25H40BrNO2. The summed E-state index contributed by atoms with van der Waals surface area (Å²) in [6.45, 7) is 5.10. The largest absolute Gasteiger partial charge is 1.00 e. The SMILES string of the molecule is CCCCC(CCCOc1cccc2ccccc12)OCCCC[N+](C)(C)C.[Br-]. The Morgan fingerprint density at radius 3 is 2.31 bits per heavy atom. The van der Waals surface area contributed by atoms with Crippen LogP contribution >= 0.6 is 0 Å². The molecule has 0 aromatic heterocycles. The summed E-state index contributed by atoms with van der Waals surface area (Å²) in [4.78, 5) is 0. The van der Waals surface area contributed by atoms with Crippen LogP contribution in [0.15, 0.2) is 42.5 Å². The topological polar surface area (TPSA) is 18.5 Å². The molecular weight excluding hydrogens is 426 g/mol. The van der Waals surface area contributed by atoms with Gasteiger partial charge in [-0.1, -0.05) is 56.2 Å². The Labute approximate surface area is 188 Å². The number of halogens is 1. The maximum Gasteiger partial charge on any atom is 0.127 e. The monoisotopic (exact) mass is 465 g/mol. The number of unbranched alkanes of at least 4 members (excludes halogenated alkanes) is 2. The highest BCUT2D eigenvalue weighted by molar-refractivity contribution is 5.88. The Bertz CT molecular complexity index is 679. The van der Waals surface area contributed by atoms with Crippen molar-refractivity contribution in [2.24, 2.45) is 0 Å². The Morgan fingerprint density at radius 1 is 0.828 bits per heavy atom. The van der Waals surface area contributed by atoms with Gasteiger partial charge in [0.15, 0.2) is 0 Å². The average molecular weight is 467 g/mol. The van der Waals surface area contributed by atoms with Crippen molar-refractivity contribution in [3.63, 3.8) is 0 Å². The molecule has 2 aromatic carbocycles. The van der Waals surface area contributed by atoms with E-state index in [4.69, 9.17) is 9.47 Å². The van der Waals surface area contributed by atoms with E-state index in [1.54, 1.807) is 0 Å². The normalized spacial score (nSPS) is 12.6. The van der Waals surface area contributed by atoms with Gasteiger partial charge in [0, 0.05) is 12.0 Å². The van der Waals surface area contributed by atoms with Gasteiger partial charge in [-0.15, -0.1) is 0 Å². The number of ether oxygens (including phenoxy) is 2. The smallest absolute Gasteiger partial charge is 0.127 e. The van der Waals surface area contributed by atoms with E-state index in [0.717, 1.165) is 42.7 Å². The first-order valence-corrected chi connectivity index (χ1v) is 11.0. The highest BCUT2D eigenvalue weighted by Crippen LogP contribution is 2.25. The summed E-state index contributed by atoms with van der Waals surface area (Å²) >= 11 is 0. The molecule has 0 N–H and O–H groups in total. The predicted molar refractivity (Wildman–Crippen MR) is 120 cm³/mol. The molecule has 0 fully saturated rings. The van der Waals surface area contributed by atoms with Crippen molar-refractivity contribution in [3.05, 3.63) is 42.5 Å². The Balaban J connectivity index is 0.00000420. The van der Waals surface area contributed by atoms with Crippen LogP contribution in [0.1, 0.15) is 51.9 Å². The number of fused-ring (bicyclic) bond motifs is 1. The molecule has 2 aromatic rings. The zero-order valence-electron chi connectivity index (χ0n) is 18.8. The average Bonchev–Trinajstić information content (AvgIpc) is 2.67. The maximum atomic E-state index is 6.22. The summed E-state index contributed by atoms with van der Waals surface area (Å²) in [7, 11) is 6.75. The van der Waals surface area contributed by atoms with Crippen LogP contribution in [0.4, 0.5) is 0 Å². The van der Waals surface area contributed by atoms with Gasteiger partial charge < -0.3 is 30.9 Å². The minimum Gasteiger partial charge on any atom is -1.00 e. The van der Waals surface area contributed by atoms with E-state index in [1.807, 2.05) is 0 Å². The van der Waals surface area contributed by atoms with E-state index in [9.17, 15) is 0 Å². The molecule has 29 heavy (non-hydrogen) atoms. The van der Waals surface area contributed by atoms with E-state index in [1.165, 1.54) is 43.0 Å². The van der Waals surface area contributed by atoms with Gasteiger partial charge in [-0.05, 0) is 43.6 Å². The lowest BCUT2D eigenvalue weighted by molar-refractivity contribution is -0.870. The first-order valence-electron chi connectivity index (χ1n) is 11.0. The summed E-state index contributed by atoms with van der Waals surface area (Å²) in [5.41, 5.74) is 0. The fourth-order valence-electron chi connectivity index (χ4n) is 3.50. The molecule has 164 valence electrons. The second-order valence-electron chi connectivity index (χ2n) is 8.82. The fourth-order valence-corrected chi connectivity index (χ4v) is 3.50. The molecule has 0 heterocycles. The Kier molecular flexibility index (Phi) is 12.5. The van der Waals surface area contributed by atoms with Crippen LogP contribution in [0.2, 0.25) is 0 Å². The highest BCUT2D eigenvalue weighted by atomic mass is 79.9. The lowest BCUT2D eigenvalue weighted by atomic mass is 10.1. The molecule has 2 rings (SSSR count). The predicted octanol–water partition coefficient (Wildman–Crippen LogP) is 3.06. The lowest BCUT2D eigenvalue weighted by Crippen LogP contribution is -3.00. The number of nitrogens with zero attached hydrogens (tertiary/aromatic N) is 1. The molecule has 4 heteroatoms. The third-order valence-corrected chi connectivity index (χ3v) is 5.13. The molecule has 0 radical (unpaired) electrons. The van der Waals surface area contributed by atoms with Crippen molar-refractivity contribution in [1.82, 2.24) is 0 Å². The number of hydrogen-bond donors (Lipinski definition) is 0. The first kappa shape index (κ1) is 25.9. The molecule has 0 aliphatic carbocycles. The second kappa shape index (κ2) is 14.0. The van der Waals surface area contributed by atoms with E-state index >= 15 is 0 Å². The number of quaternary nitrogens is 1. The van der Waals surface area contributed by atoms with Gasteiger partial charge >= 0.3 is 0 Å². The van der Waals surface area contributed by atoms with Crippen molar-refractivity contribution < 1.29 is 30.9 Å². The molecule has 1 atom stereocenters. The molecule has 0 saturated carbocycles. The third-order valence-electron chi connectivity index (χ3n) is 5.13. The molecule has 0 spiro atoms. The van der Waals surface area contributed by atoms with E-state index in [0.29, 0.717) is 6.10 Å². The van der Waals surface area contributed by atoms with Gasteiger partial charge in [-0.3, -0.25) is 0 Å². The molecule has 0 bridgehead atoms. The summed E-state index contributed by atoms with van der Waals surface area (Å²) < 4.78 is 13.3. The van der Waals surface area contributed by atoms with E-state index < -0.39 is 0 Å². The summed E-state index contributed by atoms with van der Waals surface area (Å²) in [6, 6.07) is 14.7. The lowest BCUT2D eigenvalue weighted by Gasteiger charge is -2.24. The Hall–Kier alpha value is -1.10. The molecule has 0 aliphatic heterocycles. The van der Waals surface area contributed by atoms with E-state index in [2.05, 4.69) is 70.5 Å². The maximum absolute atomic E-state index is 6.22. The van der Waals surface area contributed by atoms with Gasteiger partial charge in [0.05, 0.1) is 40.4 Å². The van der Waals surface area contributed by atoms with Crippen LogP contribution in [0, 0.1) is 0 Å². The van der Waals surface area contributed by atoms with Gasteiger partial charge in [0.2, 0.25) is 0 Å². The standard InChI is InChI=1S/C25H40NO2.BrH/c1-5-6-15-23(27-20-10-9-19-26(2,3)4)16-12-21-28-25-18-11-14-22-13-7-8-17-24(22)25;/h7-8,11,13-14,17-18,23H,5-6,9-10,12,15-16,19-21H2,1-4H3;1H/q+1;/p-1. The number of rotatable bonds is 14. The summed E-state index contributed by atoms with van der Waals surface area (Å²) in [5, 5.41) is 2.43. The molecule has 0 aliphatic rings. The van der Waals surface area contributed by atoms with Crippen LogP contribution in [0.25, 0.3) is 10.8 Å². The van der Waals surface area contributed by atoms with Crippen LogP contribution < -0.4 is 21.7 Å². The summed E-state index contributed by atoms with van der Waals surface area (Å²) in [5.74, 6) is 0.990. The van der Waals surface area contributed by atoms with Crippen molar-refractivity contribution >= 4 is 10.8 Å². The van der Waals surface area contributed by atoms with Gasteiger partial charge in [-0.25, -0.2) is 0 Å². The number of benzene rings is 2. The highest BCUT2D eigenvalue weighted by Gasteiger charge is 2.10.